The van der Waals surface area contributed by atoms with Gasteiger partial charge < -0.3 is 36.3 Å². The Labute approximate surface area is 178 Å². The van der Waals surface area contributed by atoms with E-state index >= 15 is 0 Å². The molecule has 0 spiro atoms. The maximum atomic E-state index is 12.5. The number of hydrogen-bond donors (Lipinski definition) is 6. The van der Waals surface area contributed by atoms with E-state index in [4.69, 9.17) is 20.5 Å². The number of carbonyl (C=O) groups excluding carboxylic acids is 2. The number of rotatable bonds is 9. The smallest absolute Gasteiger partial charge is 0.451 e. The Bertz CT molecular complexity index is 611. The maximum absolute atomic E-state index is 12.5. The van der Waals surface area contributed by atoms with E-state index < -0.39 is 48.2 Å². The van der Waals surface area contributed by atoms with Crippen LogP contribution in [0.5, 0.6) is 0 Å². The third-order valence-electron chi connectivity index (χ3n) is 5.45. The monoisotopic (exact) mass is 429 g/mol. The second-order valence-electron chi connectivity index (χ2n) is 9.10. The van der Waals surface area contributed by atoms with Gasteiger partial charge in [0.05, 0.1) is 0 Å². The van der Waals surface area contributed by atoms with E-state index in [1.807, 2.05) is 0 Å². The Hall–Kier alpha value is -1.85. The molecule has 1 aliphatic carbocycles. The van der Waals surface area contributed by atoms with Gasteiger partial charge >= 0.3 is 19.2 Å². The Kier molecular flexibility index (Phi) is 9.57. The molecule has 10 nitrogen and oxygen atoms in total. The van der Waals surface area contributed by atoms with Gasteiger partial charge in [0.1, 0.15) is 17.2 Å². The Morgan fingerprint density at radius 3 is 2.40 bits per heavy atom. The van der Waals surface area contributed by atoms with Crippen molar-refractivity contribution >= 4 is 25.1 Å². The van der Waals surface area contributed by atoms with Gasteiger partial charge in [-0.05, 0) is 58.7 Å². The number of carbonyl (C=O) groups is 3. The van der Waals surface area contributed by atoms with Gasteiger partial charge in [-0.2, -0.15) is 0 Å². The van der Waals surface area contributed by atoms with E-state index in [0.29, 0.717) is 25.7 Å². The summed E-state index contributed by atoms with van der Waals surface area (Å²) in [4.78, 5) is 36.3. The highest BCUT2D eigenvalue weighted by atomic mass is 16.6. The first-order valence-corrected chi connectivity index (χ1v) is 10.4. The summed E-state index contributed by atoms with van der Waals surface area (Å²) < 4.78 is 5.17. The third kappa shape index (κ3) is 8.12. The molecule has 1 aliphatic rings. The predicted molar refractivity (Wildman–Crippen MR) is 111 cm³/mol. The van der Waals surface area contributed by atoms with Crippen LogP contribution < -0.4 is 16.4 Å². The molecular formula is C19H36BN3O7. The summed E-state index contributed by atoms with van der Waals surface area (Å²) in [6, 6.07) is -0.806. The van der Waals surface area contributed by atoms with Crippen molar-refractivity contribution in [3.8, 4) is 0 Å². The fourth-order valence-electron chi connectivity index (χ4n) is 3.77. The number of nitrogens with one attached hydrogen (secondary N) is 2. The summed E-state index contributed by atoms with van der Waals surface area (Å²) in [7, 11) is -1.43. The molecule has 11 heteroatoms. The molecule has 0 bridgehead atoms. The summed E-state index contributed by atoms with van der Waals surface area (Å²) in [5.74, 6) is -2.08. The standard InChI is InChI=1S/C19H36BN3O7/c1-5-14(23-17(27)30-18(2,3)4)15(24)22-11-13-7-6-12(8-9-20(28)29)10-19(13,21)16(25)26/h12-14,28-29H,5-11,21H2,1-4H3,(H,22,24)(H,23,27)(H,25,26)/t12-,13-,14-,19+/m0/s1. The van der Waals surface area contributed by atoms with Gasteiger partial charge in [0.2, 0.25) is 5.91 Å². The molecule has 0 saturated heterocycles. The molecule has 0 aromatic heterocycles. The van der Waals surface area contributed by atoms with Crippen molar-refractivity contribution in [1.82, 2.24) is 10.6 Å². The molecule has 30 heavy (non-hydrogen) atoms. The van der Waals surface area contributed by atoms with Crippen LogP contribution in [0.25, 0.3) is 0 Å². The topological polar surface area (TPSA) is 171 Å². The Balaban J connectivity index is 2.68. The van der Waals surface area contributed by atoms with E-state index in [2.05, 4.69) is 10.6 Å². The molecule has 1 fully saturated rings. The summed E-state index contributed by atoms with van der Waals surface area (Å²) in [6.07, 6.45) is 1.65. The normalized spacial score (nSPS) is 25.2. The van der Waals surface area contributed by atoms with E-state index in [1.165, 1.54) is 0 Å². The van der Waals surface area contributed by atoms with E-state index in [0.717, 1.165) is 0 Å². The highest BCUT2D eigenvalue weighted by Crippen LogP contribution is 2.38. The molecule has 1 rings (SSSR count). The lowest BCUT2D eigenvalue weighted by Crippen LogP contribution is -2.60. The van der Waals surface area contributed by atoms with Gasteiger partial charge in [-0.3, -0.25) is 9.59 Å². The predicted octanol–water partition coefficient (Wildman–Crippen LogP) is 0.467. The van der Waals surface area contributed by atoms with Crippen molar-refractivity contribution in [2.45, 2.75) is 83.3 Å². The van der Waals surface area contributed by atoms with E-state index in [-0.39, 0.29) is 25.2 Å². The van der Waals surface area contributed by atoms with Crippen molar-refractivity contribution < 1.29 is 34.3 Å². The summed E-state index contributed by atoms with van der Waals surface area (Å²) in [6.45, 7) is 6.98. The number of aliphatic carboxylic acids is 1. The van der Waals surface area contributed by atoms with Gasteiger partial charge in [0, 0.05) is 12.5 Å². The van der Waals surface area contributed by atoms with Crippen LogP contribution in [0.15, 0.2) is 0 Å². The van der Waals surface area contributed by atoms with Crippen LogP contribution >= 0.6 is 0 Å². The molecule has 0 aliphatic heterocycles. The van der Waals surface area contributed by atoms with Gasteiger partial charge in [-0.1, -0.05) is 13.3 Å². The lowest BCUT2D eigenvalue weighted by molar-refractivity contribution is -0.148. The summed E-state index contributed by atoms with van der Waals surface area (Å²) in [5.41, 5.74) is 4.02. The first-order chi connectivity index (χ1) is 13.8. The number of ether oxygens (including phenoxy) is 1. The number of carboxylic acid groups (broad SMARTS) is 1. The molecule has 0 aromatic carbocycles. The van der Waals surface area contributed by atoms with Crippen molar-refractivity contribution in [2.24, 2.45) is 17.6 Å². The van der Waals surface area contributed by atoms with Crippen molar-refractivity contribution in [3.05, 3.63) is 0 Å². The zero-order chi connectivity index (χ0) is 23.1. The van der Waals surface area contributed by atoms with Gasteiger partial charge in [0.25, 0.3) is 0 Å². The number of carboxylic acids is 1. The van der Waals surface area contributed by atoms with Crippen LogP contribution in [0.1, 0.15) is 59.8 Å². The van der Waals surface area contributed by atoms with Gasteiger partial charge in [-0.15, -0.1) is 0 Å². The second-order valence-corrected chi connectivity index (χ2v) is 9.10. The molecule has 172 valence electrons. The fraction of sp³-hybridized carbons (Fsp3) is 0.842. The minimum absolute atomic E-state index is 0.0305. The van der Waals surface area contributed by atoms with Crippen LogP contribution in [0.2, 0.25) is 6.32 Å². The highest BCUT2D eigenvalue weighted by Gasteiger charge is 2.47. The Morgan fingerprint density at radius 2 is 1.90 bits per heavy atom. The third-order valence-corrected chi connectivity index (χ3v) is 5.45. The molecule has 0 radical (unpaired) electrons. The van der Waals surface area contributed by atoms with Crippen LogP contribution in [-0.4, -0.2) is 64.0 Å². The summed E-state index contributed by atoms with van der Waals surface area (Å²) >= 11 is 0. The molecule has 0 aromatic rings. The maximum Gasteiger partial charge on any atom is 0.451 e. The molecule has 4 atom stereocenters. The number of hydrogen-bond acceptors (Lipinski definition) is 7. The number of amides is 2. The van der Waals surface area contributed by atoms with Crippen molar-refractivity contribution in [3.63, 3.8) is 0 Å². The second kappa shape index (κ2) is 11.0. The number of alkyl carbamates (subject to hydrolysis) is 1. The highest BCUT2D eigenvalue weighted by molar-refractivity contribution is 6.40. The molecule has 0 heterocycles. The SMILES string of the molecule is CC[C@H](NC(=O)OC(C)(C)C)C(=O)NC[C@@H]1CC[C@@H](CCB(O)O)C[C@]1(N)C(=O)O. The fourth-order valence-corrected chi connectivity index (χ4v) is 3.77. The largest absolute Gasteiger partial charge is 0.480 e. The van der Waals surface area contributed by atoms with Crippen LogP contribution in [0.4, 0.5) is 4.79 Å². The van der Waals surface area contributed by atoms with Gasteiger partial charge in [0.15, 0.2) is 0 Å². The average molecular weight is 429 g/mol. The molecule has 2 amide bonds. The lowest BCUT2D eigenvalue weighted by atomic mass is 9.66. The quantitative estimate of drug-likeness (QED) is 0.287. The summed E-state index contributed by atoms with van der Waals surface area (Å²) in [5, 5.41) is 33.0. The number of nitrogens with two attached hydrogens (primary N) is 1. The minimum atomic E-state index is -1.52. The first kappa shape index (κ1) is 26.2. The zero-order valence-electron chi connectivity index (χ0n) is 18.3. The zero-order valence-corrected chi connectivity index (χ0v) is 18.3. The van der Waals surface area contributed by atoms with Crippen LogP contribution in [-0.2, 0) is 14.3 Å². The Morgan fingerprint density at radius 1 is 1.27 bits per heavy atom. The molecule has 7 N–H and O–H groups in total. The van der Waals surface area contributed by atoms with Crippen LogP contribution in [0.3, 0.4) is 0 Å². The molecule has 1 saturated carbocycles. The van der Waals surface area contributed by atoms with Crippen molar-refractivity contribution in [1.29, 1.82) is 0 Å². The van der Waals surface area contributed by atoms with E-state index in [9.17, 15) is 19.5 Å². The first-order valence-electron chi connectivity index (χ1n) is 10.4. The van der Waals surface area contributed by atoms with Gasteiger partial charge in [-0.25, -0.2) is 4.79 Å². The average Bonchev–Trinajstić information content (AvgIpc) is 2.61. The van der Waals surface area contributed by atoms with Crippen molar-refractivity contribution in [2.75, 3.05) is 6.54 Å². The molecule has 0 unspecified atom stereocenters. The lowest BCUT2D eigenvalue weighted by Gasteiger charge is -2.41. The molecular weight excluding hydrogens is 393 g/mol. The minimum Gasteiger partial charge on any atom is -0.480 e. The van der Waals surface area contributed by atoms with E-state index in [1.54, 1.807) is 27.7 Å². The van der Waals surface area contributed by atoms with Crippen LogP contribution in [0, 0.1) is 11.8 Å².